The van der Waals surface area contributed by atoms with E-state index in [0.29, 0.717) is 29.7 Å². The van der Waals surface area contributed by atoms with E-state index in [4.69, 9.17) is 21.4 Å². The fraction of sp³-hybridized carbons (Fsp3) is 0.353. The lowest BCUT2D eigenvalue weighted by atomic mass is 10.3. The summed E-state index contributed by atoms with van der Waals surface area (Å²) in [4.78, 5) is 38.7. The van der Waals surface area contributed by atoms with Crippen LogP contribution in [0.1, 0.15) is 16.9 Å². The van der Waals surface area contributed by atoms with E-state index in [1.165, 1.54) is 32.6 Å². The summed E-state index contributed by atoms with van der Waals surface area (Å²) in [5.41, 5.74) is 0.645. The van der Waals surface area contributed by atoms with Crippen LogP contribution < -0.4 is 15.0 Å². The number of aromatic nitrogens is 3. The van der Waals surface area contributed by atoms with E-state index >= 15 is 0 Å². The number of likely N-dealkylation sites (tertiary alicyclic amines) is 1. The molecule has 1 fully saturated rings. The quantitative estimate of drug-likeness (QED) is 0.773. The summed E-state index contributed by atoms with van der Waals surface area (Å²) < 4.78 is 5.07. The van der Waals surface area contributed by atoms with E-state index in [9.17, 15) is 9.59 Å². The van der Waals surface area contributed by atoms with Gasteiger partial charge in [0.2, 0.25) is 11.8 Å². The zero-order valence-electron chi connectivity index (χ0n) is 15.3. The standard InChI is InChI=1S/C17H19ClN6O4/c1-23(17(26)27)11-3-4-13(19-7-11)15(25)24-6-5-10(9-24)21-16-20-8-12(18)14(22-16)28-2/h3-4,7-8,10H,5-6,9H2,1-2H3,(H,26,27)(H,20,21,22)/t10-/m0/s1. The SMILES string of the molecule is COc1nc(N[C@H]2CCN(C(=O)c3ccc(N(C)C(=O)O)cn3)C2)ncc1Cl. The maximum Gasteiger partial charge on any atom is 0.411 e. The van der Waals surface area contributed by atoms with Gasteiger partial charge in [0.1, 0.15) is 10.7 Å². The Hall–Kier alpha value is -3.14. The van der Waals surface area contributed by atoms with Gasteiger partial charge in [-0.2, -0.15) is 4.98 Å². The number of carbonyl (C=O) groups is 2. The molecule has 2 amide bonds. The van der Waals surface area contributed by atoms with Crippen LogP contribution in [0.2, 0.25) is 5.02 Å². The predicted octanol–water partition coefficient (Wildman–Crippen LogP) is 1.97. The number of halogens is 1. The number of methoxy groups -OCH3 is 1. The summed E-state index contributed by atoms with van der Waals surface area (Å²) in [5, 5.41) is 12.5. The van der Waals surface area contributed by atoms with Gasteiger partial charge in [0.05, 0.1) is 25.2 Å². The fourth-order valence-electron chi connectivity index (χ4n) is 2.79. The predicted molar refractivity (Wildman–Crippen MR) is 102 cm³/mol. The Balaban J connectivity index is 1.62. The lowest BCUT2D eigenvalue weighted by Gasteiger charge is -2.18. The average molecular weight is 407 g/mol. The van der Waals surface area contributed by atoms with Crippen LogP contribution in [0.15, 0.2) is 24.5 Å². The third-order valence-electron chi connectivity index (χ3n) is 4.36. The molecule has 2 N–H and O–H groups in total. The van der Waals surface area contributed by atoms with Gasteiger partial charge >= 0.3 is 6.09 Å². The highest BCUT2D eigenvalue weighted by molar-refractivity contribution is 6.31. The van der Waals surface area contributed by atoms with E-state index in [1.54, 1.807) is 11.0 Å². The Morgan fingerprint density at radius 2 is 2.14 bits per heavy atom. The summed E-state index contributed by atoms with van der Waals surface area (Å²) in [6.45, 7) is 1.02. The number of anilines is 2. The zero-order valence-corrected chi connectivity index (χ0v) is 16.0. The van der Waals surface area contributed by atoms with E-state index in [0.717, 1.165) is 11.3 Å². The second-order valence-electron chi connectivity index (χ2n) is 6.18. The first-order chi connectivity index (χ1) is 13.4. The van der Waals surface area contributed by atoms with Crippen molar-refractivity contribution < 1.29 is 19.4 Å². The Labute approximate surface area is 166 Å². The Morgan fingerprint density at radius 1 is 1.36 bits per heavy atom. The largest absolute Gasteiger partial charge is 0.480 e. The minimum Gasteiger partial charge on any atom is -0.480 e. The minimum absolute atomic E-state index is 0.0211. The second kappa shape index (κ2) is 8.26. The normalized spacial score (nSPS) is 16.0. The maximum atomic E-state index is 12.6. The van der Waals surface area contributed by atoms with Crippen molar-refractivity contribution in [2.45, 2.75) is 12.5 Å². The van der Waals surface area contributed by atoms with Gasteiger partial charge in [-0.15, -0.1) is 0 Å². The lowest BCUT2D eigenvalue weighted by molar-refractivity contribution is 0.0786. The number of rotatable bonds is 5. The lowest BCUT2D eigenvalue weighted by Crippen LogP contribution is -2.32. The number of amides is 2. The first kappa shape index (κ1) is 19.6. The Kier molecular flexibility index (Phi) is 5.78. The van der Waals surface area contributed by atoms with Crippen LogP contribution >= 0.6 is 11.6 Å². The number of hydrogen-bond acceptors (Lipinski definition) is 7. The van der Waals surface area contributed by atoms with Crippen molar-refractivity contribution in [1.82, 2.24) is 19.9 Å². The minimum atomic E-state index is -1.10. The molecule has 0 radical (unpaired) electrons. The summed E-state index contributed by atoms with van der Waals surface area (Å²) in [7, 11) is 2.88. The molecule has 1 saturated heterocycles. The molecular formula is C17H19ClN6O4. The molecule has 2 aromatic heterocycles. The van der Waals surface area contributed by atoms with E-state index in [-0.39, 0.29) is 23.5 Å². The number of nitrogens with one attached hydrogen (secondary N) is 1. The van der Waals surface area contributed by atoms with Crippen molar-refractivity contribution in [2.75, 3.05) is 37.5 Å². The van der Waals surface area contributed by atoms with Crippen molar-refractivity contribution in [3.63, 3.8) is 0 Å². The molecular weight excluding hydrogens is 388 g/mol. The maximum absolute atomic E-state index is 12.6. The van der Waals surface area contributed by atoms with Gasteiger partial charge in [0, 0.05) is 26.2 Å². The average Bonchev–Trinajstić information content (AvgIpc) is 3.16. The van der Waals surface area contributed by atoms with Crippen LogP contribution in [0.4, 0.5) is 16.4 Å². The molecule has 0 unspecified atom stereocenters. The van der Waals surface area contributed by atoms with Crippen LogP contribution in [0, 0.1) is 0 Å². The topological polar surface area (TPSA) is 121 Å². The molecule has 3 rings (SSSR count). The van der Waals surface area contributed by atoms with Gasteiger partial charge < -0.3 is 20.1 Å². The van der Waals surface area contributed by atoms with Crippen molar-refractivity contribution in [3.8, 4) is 5.88 Å². The molecule has 1 atom stereocenters. The Morgan fingerprint density at radius 3 is 2.79 bits per heavy atom. The number of carboxylic acid groups (broad SMARTS) is 1. The number of ether oxygens (including phenoxy) is 1. The summed E-state index contributed by atoms with van der Waals surface area (Å²) >= 11 is 5.92. The van der Waals surface area contributed by atoms with Crippen LogP contribution in [0.25, 0.3) is 0 Å². The highest BCUT2D eigenvalue weighted by Crippen LogP contribution is 2.23. The van der Waals surface area contributed by atoms with Crippen molar-refractivity contribution in [2.24, 2.45) is 0 Å². The molecule has 148 valence electrons. The smallest absolute Gasteiger partial charge is 0.411 e. The molecule has 1 aliphatic rings. The number of carbonyl (C=O) groups excluding carboxylic acids is 1. The van der Waals surface area contributed by atoms with E-state index < -0.39 is 6.09 Å². The molecule has 2 aromatic rings. The molecule has 0 saturated carbocycles. The third-order valence-corrected chi connectivity index (χ3v) is 4.61. The van der Waals surface area contributed by atoms with Crippen LogP contribution in [-0.4, -0.2) is 70.2 Å². The van der Waals surface area contributed by atoms with Crippen molar-refractivity contribution >= 4 is 35.2 Å². The van der Waals surface area contributed by atoms with Gasteiger partial charge in [-0.25, -0.2) is 14.8 Å². The van der Waals surface area contributed by atoms with Crippen molar-refractivity contribution in [3.05, 3.63) is 35.2 Å². The molecule has 0 aromatic carbocycles. The summed E-state index contributed by atoms with van der Waals surface area (Å²) in [6.07, 6.45) is 2.43. The van der Waals surface area contributed by atoms with Gasteiger partial charge in [0.25, 0.3) is 5.91 Å². The summed E-state index contributed by atoms with van der Waals surface area (Å²) in [6, 6.07) is 3.05. The highest BCUT2D eigenvalue weighted by atomic mass is 35.5. The molecule has 11 heteroatoms. The van der Waals surface area contributed by atoms with Crippen LogP contribution in [0.5, 0.6) is 5.88 Å². The molecule has 3 heterocycles. The molecule has 0 spiro atoms. The van der Waals surface area contributed by atoms with Crippen LogP contribution in [0.3, 0.4) is 0 Å². The molecule has 0 bridgehead atoms. The number of hydrogen-bond donors (Lipinski definition) is 2. The Bertz CT molecular complexity index is 878. The first-order valence-electron chi connectivity index (χ1n) is 8.44. The highest BCUT2D eigenvalue weighted by Gasteiger charge is 2.28. The summed E-state index contributed by atoms with van der Waals surface area (Å²) in [5.74, 6) is 0.434. The monoisotopic (exact) mass is 406 g/mol. The van der Waals surface area contributed by atoms with Crippen molar-refractivity contribution in [1.29, 1.82) is 0 Å². The van der Waals surface area contributed by atoms with Crippen LogP contribution in [-0.2, 0) is 0 Å². The number of nitrogens with zero attached hydrogens (tertiary/aromatic N) is 5. The van der Waals surface area contributed by atoms with Gasteiger partial charge in [-0.05, 0) is 18.6 Å². The molecule has 10 nitrogen and oxygen atoms in total. The third kappa shape index (κ3) is 4.22. The van der Waals surface area contributed by atoms with Gasteiger partial charge in [-0.3, -0.25) is 9.69 Å². The molecule has 28 heavy (non-hydrogen) atoms. The number of pyridine rings is 1. The fourth-order valence-corrected chi connectivity index (χ4v) is 2.96. The zero-order chi connectivity index (χ0) is 20.3. The van der Waals surface area contributed by atoms with E-state index in [1.807, 2.05) is 0 Å². The first-order valence-corrected chi connectivity index (χ1v) is 8.82. The second-order valence-corrected chi connectivity index (χ2v) is 6.58. The van der Waals surface area contributed by atoms with Gasteiger partial charge in [0.15, 0.2) is 0 Å². The molecule has 0 aliphatic carbocycles. The molecule has 1 aliphatic heterocycles. The van der Waals surface area contributed by atoms with Gasteiger partial charge in [-0.1, -0.05) is 11.6 Å². The van der Waals surface area contributed by atoms with E-state index in [2.05, 4.69) is 20.3 Å².